The van der Waals surface area contributed by atoms with Gasteiger partial charge < -0.3 is 9.47 Å². The molecule has 0 aliphatic heterocycles. The van der Waals surface area contributed by atoms with Crippen LogP contribution in [0.25, 0.3) is 17.0 Å². The first-order chi connectivity index (χ1) is 18.2. The number of benzene rings is 3. The third-order valence-corrected chi connectivity index (χ3v) is 5.99. The molecule has 5 rings (SSSR count). The Bertz CT molecular complexity index is 1450. The molecular weight excluding hydrogens is 462 g/mol. The highest BCUT2D eigenvalue weighted by atomic mass is 16.5. The van der Waals surface area contributed by atoms with Gasteiger partial charge in [-0.05, 0) is 67.3 Å². The lowest BCUT2D eigenvalue weighted by Crippen LogP contribution is -2.13. The number of hydrogen-bond donors (Lipinski definition) is 1. The van der Waals surface area contributed by atoms with Crippen molar-refractivity contribution in [2.45, 2.75) is 38.9 Å². The molecule has 0 aliphatic rings. The molecule has 7 heteroatoms. The molecule has 0 bridgehead atoms. The van der Waals surface area contributed by atoms with E-state index in [-0.39, 0.29) is 6.10 Å². The molecular formula is C30H29N5O2. The average molecular weight is 492 g/mol. The number of ether oxygens (including phenoxy) is 2. The van der Waals surface area contributed by atoms with E-state index >= 15 is 0 Å². The van der Waals surface area contributed by atoms with Gasteiger partial charge in [0.15, 0.2) is 5.82 Å². The van der Waals surface area contributed by atoms with E-state index < -0.39 is 0 Å². The summed E-state index contributed by atoms with van der Waals surface area (Å²) in [5, 5.41) is 15.2. The second-order valence-corrected chi connectivity index (χ2v) is 8.90. The quantitative estimate of drug-likeness (QED) is 0.245. The first-order valence-electron chi connectivity index (χ1n) is 12.4. The first-order valence-corrected chi connectivity index (χ1v) is 12.4. The van der Waals surface area contributed by atoms with Crippen LogP contribution in [0.1, 0.15) is 36.0 Å². The Morgan fingerprint density at radius 1 is 0.919 bits per heavy atom. The number of hydrogen-bond acceptors (Lipinski definition) is 6. The molecule has 0 saturated carbocycles. The Labute approximate surface area is 216 Å². The molecule has 5 aromatic rings. The van der Waals surface area contributed by atoms with Gasteiger partial charge in [0.2, 0.25) is 0 Å². The molecule has 37 heavy (non-hydrogen) atoms. The van der Waals surface area contributed by atoms with Crippen LogP contribution < -0.4 is 9.47 Å². The molecule has 186 valence electrons. The van der Waals surface area contributed by atoms with Gasteiger partial charge in [0.1, 0.15) is 18.1 Å². The molecule has 2 aromatic heterocycles. The smallest absolute Gasteiger partial charge is 0.174 e. The van der Waals surface area contributed by atoms with Crippen molar-refractivity contribution in [3.05, 3.63) is 114 Å². The Morgan fingerprint density at radius 2 is 1.81 bits per heavy atom. The first kappa shape index (κ1) is 24.2. The predicted octanol–water partition coefficient (Wildman–Crippen LogP) is 5.98. The van der Waals surface area contributed by atoms with Gasteiger partial charge in [-0.3, -0.25) is 0 Å². The van der Waals surface area contributed by atoms with Crippen molar-refractivity contribution in [1.82, 2.24) is 25.6 Å². The lowest BCUT2D eigenvalue weighted by atomic mass is 10.1. The van der Waals surface area contributed by atoms with Crippen molar-refractivity contribution in [2.24, 2.45) is 0 Å². The third-order valence-electron chi connectivity index (χ3n) is 5.99. The number of para-hydroxylation sites is 1. The number of aryl methyl sites for hydroxylation is 1. The van der Waals surface area contributed by atoms with Crippen molar-refractivity contribution >= 4 is 17.0 Å². The van der Waals surface area contributed by atoms with E-state index in [0.717, 1.165) is 52.9 Å². The second-order valence-electron chi connectivity index (χ2n) is 8.90. The maximum absolute atomic E-state index is 6.08. The van der Waals surface area contributed by atoms with Crippen LogP contribution in [0.15, 0.2) is 91.0 Å². The standard InChI is InChI=1S/C30H29N5O2/c1-22(12-19-30-32-34-35-33-30)37-28-10-5-8-24(20-28)7-4-6-23-13-17-27(18-14-23)36-21-26-16-15-25-9-2-3-11-29(25)31-26/h2-6,8-11,13-18,20,22H,7,12,19,21H2,1H3,(H,32,33,34,35). The number of aromatic nitrogens is 5. The molecule has 0 fully saturated rings. The van der Waals surface area contributed by atoms with E-state index in [1.165, 1.54) is 5.56 Å². The van der Waals surface area contributed by atoms with Crippen LogP contribution in [0.2, 0.25) is 0 Å². The Kier molecular flexibility index (Phi) is 7.81. The summed E-state index contributed by atoms with van der Waals surface area (Å²) >= 11 is 0. The maximum atomic E-state index is 6.08. The van der Waals surface area contributed by atoms with Crippen molar-refractivity contribution in [3.8, 4) is 11.5 Å². The van der Waals surface area contributed by atoms with Crippen molar-refractivity contribution < 1.29 is 9.47 Å². The number of nitrogens with one attached hydrogen (secondary N) is 1. The molecule has 0 amide bonds. The zero-order chi connectivity index (χ0) is 25.3. The average Bonchev–Trinajstić information content (AvgIpc) is 3.46. The summed E-state index contributed by atoms with van der Waals surface area (Å²) in [5.74, 6) is 2.40. The van der Waals surface area contributed by atoms with Crippen LogP contribution in [-0.4, -0.2) is 31.7 Å². The van der Waals surface area contributed by atoms with Crippen molar-refractivity contribution in [3.63, 3.8) is 0 Å². The fourth-order valence-corrected chi connectivity index (χ4v) is 4.01. The minimum Gasteiger partial charge on any atom is -0.491 e. The molecule has 1 atom stereocenters. The van der Waals surface area contributed by atoms with Gasteiger partial charge in [0, 0.05) is 11.8 Å². The number of fused-ring (bicyclic) bond motifs is 1. The fourth-order valence-electron chi connectivity index (χ4n) is 4.01. The van der Waals surface area contributed by atoms with Gasteiger partial charge >= 0.3 is 0 Å². The van der Waals surface area contributed by atoms with Crippen LogP contribution in [0.3, 0.4) is 0 Å². The summed E-state index contributed by atoms with van der Waals surface area (Å²) in [4.78, 5) is 4.67. The van der Waals surface area contributed by atoms with Crippen LogP contribution in [0.4, 0.5) is 0 Å². The number of pyridine rings is 1. The number of rotatable bonds is 11. The van der Waals surface area contributed by atoms with E-state index in [0.29, 0.717) is 12.4 Å². The van der Waals surface area contributed by atoms with Crippen LogP contribution in [-0.2, 0) is 19.4 Å². The van der Waals surface area contributed by atoms with Gasteiger partial charge in [-0.2, -0.15) is 5.21 Å². The molecule has 7 nitrogen and oxygen atoms in total. The molecule has 3 aromatic carbocycles. The number of aromatic amines is 1. The Morgan fingerprint density at radius 3 is 2.68 bits per heavy atom. The summed E-state index contributed by atoms with van der Waals surface area (Å²) < 4.78 is 12.0. The number of tetrazole rings is 1. The summed E-state index contributed by atoms with van der Waals surface area (Å²) in [6.07, 6.45) is 6.71. The summed E-state index contributed by atoms with van der Waals surface area (Å²) in [7, 11) is 0. The van der Waals surface area contributed by atoms with Crippen LogP contribution >= 0.6 is 0 Å². The zero-order valence-electron chi connectivity index (χ0n) is 20.7. The lowest BCUT2D eigenvalue weighted by molar-refractivity contribution is 0.210. The molecule has 0 spiro atoms. The van der Waals surface area contributed by atoms with Crippen molar-refractivity contribution in [1.29, 1.82) is 0 Å². The number of nitrogens with zero attached hydrogens (tertiary/aromatic N) is 4. The summed E-state index contributed by atoms with van der Waals surface area (Å²) in [6, 6.07) is 28.5. The Hall–Kier alpha value is -4.52. The van der Waals surface area contributed by atoms with Crippen LogP contribution in [0.5, 0.6) is 11.5 Å². The topological polar surface area (TPSA) is 85.8 Å². The Balaban J connectivity index is 1.09. The maximum Gasteiger partial charge on any atom is 0.174 e. The number of allylic oxidation sites excluding steroid dienone is 1. The van der Waals surface area contributed by atoms with E-state index in [1.54, 1.807) is 0 Å². The van der Waals surface area contributed by atoms with E-state index in [4.69, 9.17) is 9.47 Å². The molecule has 1 unspecified atom stereocenters. The highest BCUT2D eigenvalue weighted by molar-refractivity contribution is 5.78. The van der Waals surface area contributed by atoms with E-state index in [2.05, 4.69) is 81.1 Å². The van der Waals surface area contributed by atoms with E-state index in [1.807, 2.05) is 48.5 Å². The number of H-pyrrole nitrogens is 1. The molecule has 0 aliphatic carbocycles. The summed E-state index contributed by atoms with van der Waals surface area (Å²) in [6.45, 7) is 2.49. The van der Waals surface area contributed by atoms with Gasteiger partial charge in [-0.25, -0.2) is 4.98 Å². The van der Waals surface area contributed by atoms with Gasteiger partial charge in [-0.15, -0.1) is 10.2 Å². The lowest BCUT2D eigenvalue weighted by Gasteiger charge is -2.14. The van der Waals surface area contributed by atoms with Gasteiger partial charge in [0.05, 0.1) is 17.3 Å². The highest BCUT2D eigenvalue weighted by Gasteiger charge is 2.07. The molecule has 0 radical (unpaired) electrons. The van der Waals surface area contributed by atoms with Gasteiger partial charge in [0.25, 0.3) is 0 Å². The monoisotopic (exact) mass is 491 g/mol. The predicted molar refractivity (Wildman–Crippen MR) is 144 cm³/mol. The van der Waals surface area contributed by atoms with E-state index in [9.17, 15) is 0 Å². The van der Waals surface area contributed by atoms with Crippen molar-refractivity contribution in [2.75, 3.05) is 0 Å². The zero-order valence-corrected chi connectivity index (χ0v) is 20.7. The fraction of sp³-hybridized carbons (Fsp3) is 0.200. The van der Waals surface area contributed by atoms with Crippen LogP contribution in [0, 0.1) is 0 Å². The minimum absolute atomic E-state index is 0.0574. The summed E-state index contributed by atoms with van der Waals surface area (Å²) in [5.41, 5.74) is 4.21. The van der Waals surface area contributed by atoms with Gasteiger partial charge in [-0.1, -0.05) is 65.9 Å². The second kappa shape index (κ2) is 11.9. The molecule has 2 heterocycles. The molecule has 1 N–H and O–H groups in total. The minimum atomic E-state index is 0.0574. The third kappa shape index (κ3) is 7.01. The largest absolute Gasteiger partial charge is 0.491 e. The highest BCUT2D eigenvalue weighted by Crippen LogP contribution is 2.19. The molecule has 0 saturated heterocycles. The SMILES string of the molecule is CC(CCc1nn[nH]n1)Oc1cccc(CC=Cc2ccc(OCc3ccc4ccccc4n3)cc2)c1. The normalized spacial score (nSPS) is 12.1.